The summed E-state index contributed by atoms with van der Waals surface area (Å²) in [6.45, 7) is 5.25. The second-order valence-corrected chi connectivity index (χ2v) is 7.68. The number of benzene rings is 1. The van der Waals surface area contributed by atoms with E-state index in [2.05, 4.69) is 27.9 Å². The number of carbonyl (C=O) groups excluding carboxylic acids is 1. The Morgan fingerprint density at radius 2 is 1.93 bits per heavy atom. The van der Waals surface area contributed by atoms with Crippen molar-refractivity contribution in [1.82, 2.24) is 16.0 Å². The van der Waals surface area contributed by atoms with Gasteiger partial charge in [-0.3, -0.25) is 9.79 Å². The van der Waals surface area contributed by atoms with Gasteiger partial charge in [0.05, 0.1) is 0 Å². The number of aliphatic imine (C=N–C) groups is 1. The molecule has 1 aliphatic rings. The number of carbonyl (C=O) groups is 1. The molecule has 1 saturated carbocycles. The first-order valence-electron chi connectivity index (χ1n) is 10.4. The van der Waals surface area contributed by atoms with Gasteiger partial charge in [0.25, 0.3) is 5.91 Å². The van der Waals surface area contributed by atoms with Crippen LogP contribution in [0, 0.1) is 5.41 Å². The second kappa shape index (κ2) is 11.7. The Morgan fingerprint density at radius 1 is 1.18 bits per heavy atom. The standard InChI is InChI=1S/C22H36N4O2/c1-4-5-14-24-20(27)19-9-7-18(8-10-19)16-25-21(23-2)26-17-22(11-6-12-22)13-15-28-3/h7-10H,4-6,11-17H2,1-3H3,(H,24,27)(H2,23,25,26). The third kappa shape index (κ3) is 6.82. The van der Waals surface area contributed by atoms with Crippen molar-refractivity contribution < 1.29 is 9.53 Å². The number of methoxy groups -OCH3 is 1. The van der Waals surface area contributed by atoms with Crippen LogP contribution in [0.4, 0.5) is 0 Å². The first-order chi connectivity index (χ1) is 13.6. The van der Waals surface area contributed by atoms with E-state index in [9.17, 15) is 4.79 Å². The largest absolute Gasteiger partial charge is 0.385 e. The number of hydrogen-bond donors (Lipinski definition) is 3. The Balaban J connectivity index is 1.77. The molecule has 0 atom stereocenters. The molecule has 0 aromatic heterocycles. The van der Waals surface area contributed by atoms with Gasteiger partial charge in [-0.25, -0.2) is 0 Å². The van der Waals surface area contributed by atoms with E-state index in [-0.39, 0.29) is 5.91 Å². The van der Waals surface area contributed by atoms with Gasteiger partial charge in [0.2, 0.25) is 0 Å². The number of ether oxygens (including phenoxy) is 1. The second-order valence-electron chi connectivity index (χ2n) is 7.68. The van der Waals surface area contributed by atoms with E-state index in [4.69, 9.17) is 4.74 Å². The molecule has 0 aliphatic heterocycles. The highest BCUT2D eigenvalue weighted by Crippen LogP contribution is 2.43. The number of rotatable bonds is 11. The summed E-state index contributed by atoms with van der Waals surface area (Å²) in [5.74, 6) is 0.803. The minimum Gasteiger partial charge on any atom is -0.385 e. The normalized spacial score (nSPS) is 15.6. The fraction of sp³-hybridized carbons (Fsp3) is 0.636. The van der Waals surface area contributed by atoms with Gasteiger partial charge in [-0.05, 0) is 48.8 Å². The van der Waals surface area contributed by atoms with Crippen LogP contribution in [0.1, 0.15) is 61.4 Å². The van der Waals surface area contributed by atoms with Crippen molar-refractivity contribution in [2.75, 3.05) is 33.9 Å². The molecule has 1 aliphatic carbocycles. The summed E-state index contributed by atoms with van der Waals surface area (Å²) >= 11 is 0. The Kier molecular flexibility index (Phi) is 9.28. The van der Waals surface area contributed by atoms with Crippen molar-refractivity contribution in [2.45, 2.75) is 52.0 Å². The minimum atomic E-state index is -0.00714. The summed E-state index contributed by atoms with van der Waals surface area (Å²) in [5, 5.41) is 9.77. The fourth-order valence-corrected chi connectivity index (χ4v) is 3.44. The molecule has 156 valence electrons. The SMILES string of the molecule is CCCCNC(=O)c1ccc(CNC(=NC)NCC2(CCOC)CCC2)cc1. The monoisotopic (exact) mass is 388 g/mol. The summed E-state index contributed by atoms with van der Waals surface area (Å²) in [7, 11) is 3.56. The lowest BCUT2D eigenvalue weighted by atomic mass is 9.67. The van der Waals surface area contributed by atoms with Gasteiger partial charge in [-0.15, -0.1) is 0 Å². The molecule has 1 aromatic rings. The Labute approximate surface area is 169 Å². The molecular formula is C22H36N4O2. The molecule has 6 nitrogen and oxygen atoms in total. The van der Waals surface area contributed by atoms with Crippen LogP contribution in [-0.4, -0.2) is 45.7 Å². The molecule has 1 amide bonds. The van der Waals surface area contributed by atoms with Gasteiger partial charge in [-0.1, -0.05) is 31.9 Å². The summed E-state index contributed by atoms with van der Waals surface area (Å²) in [4.78, 5) is 16.4. The molecule has 1 fully saturated rings. The fourth-order valence-electron chi connectivity index (χ4n) is 3.44. The molecule has 6 heteroatoms. The van der Waals surface area contributed by atoms with Crippen LogP contribution < -0.4 is 16.0 Å². The predicted molar refractivity (Wildman–Crippen MR) is 115 cm³/mol. The van der Waals surface area contributed by atoms with E-state index in [1.165, 1.54) is 19.3 Å². The van der Waals surface area contributed by atoms with Crippen molar-refractivity contribution >= 4 is 11.9 Å². The Morgan fingerprint density at radius 3 is 2.50 bits per heavy atom. The lowest BCUT2D eigenvalue weighted by Gasteiger charge is -2.42. The maximum absolute atomic E-state index is 12.1. The predicted octanol–water partition coefficient (Wildman–Crippen LogP) is 3.09. The average Bonchev–Trinajstić information content (AvgIpc) is 2.69. The third-order valence-corrected chi connectivity index (χ3v) is 5.60. The molecule has 0 spiro atoms. The van der Waals surface area contributed by atoms with Crippen LogP contribution in [-0.2, 0) is 11.3 Å². The number of unbranched alkanes of at least 4 members (excludes halogenated alkanes) is 1. The van der Waals surface area contributed by atoms with Gasteiger partial charge >= 0.3 is 0 Å². The number of guanidine groups is 1. The Bertz CT molecular complexity index is 624. The van der Waals surface area contributed by atoms with E-state index in [0.717, 1.165) is 50.5 Å². The van der Waals surface area contributed by atoms with E-state index in [0.29, 0.717) is 17.5 Å². The minimum absolute atomic E-state index is 0.00714. The number of hydrogen-bond acceptors (Lipinski definition) is 3. The number of amides is 1. The zero-order valence-corrected chi connectivity index (χ0v) is 17.6. The van der Waals surface area contributed by atoms with Gasteiger partial charge in [0.15, 0.2) is 5.96 Å². The smallest absolute Gasteiger partial charge is 0.251 e. The summed E-state index contributed by atoms with van der Waals surface area (Å²) in [5.41, 5.74) is 2.17. The first kappa shape index (κ1) is 22.2. The van der Waals surface area contributed by atoms with Crippen LogP contribution in [0.3, 0.4) is 0 Å². The maximum atomic E-state index is 12.1. The molecule has 0 radical (unpaired) electrons. The molecule has 0 unspecified atom stereocenters. The molecular weight excluding hydrogens is 352 g/mol. The molecule has 28 heavy (non-hydrogen) atoms. The van der Waals surface area contributed by atoms with Crippen molar-refractivity contribution in [3.8, 4) is 0 Å². The van der Waals surface area contributed by atoms with Gasteiger partial charge in [0, 0.05) is 46.0 Å². The average molecular weight is 389 g/mol. The maximum Gasteiger partial charge on any atom is 0.251 e. The zero-order chi connectivity index (χ0) is 20.2. The molecule has 0 saturated heterocycles. The molecule has 0 bridgehead atoms. The van der Waals surface area contributed by atoms with E-state index in [1.54, 1.807) is 14.2 Å². The third-order valence-electron chi connectivity index (χ3n) is 5.60. The molecule has 2 rings (SSSR count). The lowest BCUT2D eigenvalue weighted by Crippen LogP contribution is -2.46. The van der Waals surface area contributed by atoms with Crippen molar-refractivity contribution in [3.05, 3.63) is 35.4 Å². The molecule has 0 heterocycles. The van der Waals surface area contributed by atoms with Crippen molar-refractivity contribution in [3.63, 3.8) is 0 Å². The molecule has 1 aromatic carbocycles. The van der Waals surface area contributed by atoms with E-state index < -0.39 is 0 Å². The lowest BCUT2D eigenvalue weighted by molar-refractivity contribution is 0.0732. The topological polar surface area (TPSA) is 74.8 Å². The highest BCUT2D eigenvalue weighted by atomic mass is 16.5. The summed E-state index contributed by atoms with van der Waals surface area (Å²) in [6.07, 6.45) is 6.98. The van der Waals surface area contributed by atoms with E-state index >= 15 is 0 Å². The van der Waals surface area contributed by atoms with Crippen LogP contribution in [0.25, 0.3) is 0 Å². The van der Waals surface area contributed by atoms with Gasteiger partial charge < -0.3 is 20.7 Å². The number of nitrogens with one attached hydrogen (secondary N) is 3. The van der Waals surface area contributed by atoms with Crippen LogP contribution in [0.2, 0.25) is 0 Å². The number of nitrogens with zero attached hydrogens (tertiary/aromatic N) is 1. The quantitative estimate of drug-likeness (QED) is 0.309. The highest BCUT2D eigenvalue weighted by Gasteiger charge is 2.36. The highest BCUT2D eigenvalue weighted by molar-refractivity contribution is 5.94. The van der Waals surface area contributed by atoms with Crippen LogP contribution >= 0.6 is 0 Å². The summed E-state index contributed by atoms with van der Waals surface area (Å²) in [6, 6.07) is 7.73. The van der Waals surface area contributed by atoms with E-state index in [1.807, 2.05) is 24.3 Å². The Hall–Kier alpha value is -2.08. The van der Waals surface area contributed by atoms with Crippen LogP contribution in [0.15, 0.2) is 29.3 Å². The van der Waals surface area contributed by atoms with Gasteiger partial charge in [0.1, 0.15) is 0 Å². The van der Waals surface area contributed by atoms with Gasteiger partial charge in [-0.2, -0.15) is 0 Å². The first-order valence-corrected chi connectivity index (χ1v) is 10.4. The summed E-state index contributed by atoms with van der Waals surface area (Å²) < 4.78 is 5.26. The van der Waals surface area contributed by atoms with Crippen molar-refractivity contribution in [1.29, 1.82) is 0 Å². The molecule has 3 N–H and O–H groups in total. The zero-order valence-electron chi connectivity index (χ0n) is 17.6. The van der Waals surface area contributed by atoms with Crippen molar-refractivity contribution in [2.24, 2.45) is 10.4 Å². The van der Waals surface area contributed by atoms with Crippen LogP contribution in [0.5, 0.6) is 0 Å².